The van der Waals surface area contributed by atoms with E-state index < -0.39 is 0 Å². The van der Waals surface area contributed by atoms with Crippen LogP contribution in [0, 0.1) is 0 Å². The van der Waals surface area contributed by atoms with Crippen LogP contribution in [0.3, 0.4) is 0 Å². The summed E-state index contributed by atoms with van der Waals surface area (Å²) in [5.41, 5.74) is 7.56. The third kappa shape index (κ3) is 5.09. The Balaban J connectivity index is 0.00000220. The summed E-state index contributed by atoms with van der Waals surface area (Å²) in [5, 5.41) is 7.55. The lowest BCUT2D eigenvalue weighted by molar-refractivity contribution is 0.415. The Bertz CT molecular complexity index is 629. The number of halogens is 2. The number of benzene rings is 1. The van der Waals surface area contributed by atoms with Gasteiger partial charge >= 0.3 is 0 Å². The Morgan fingerprint density at radius 2 is 2.29 bits per heavy atom. The summed E-state index contributed by atoms with van der Waals surface area (Å²) < 4.78 is 6.80. The van der Waals surface area contributed by atoms with Crippen molar-refractivity contribution in [1.82, 2.24) is 9.78 Å². The van der Waals surface area contributed by atoms with Crippen LogP contribution in [0.1, 0.15) is 5.56 Å². The first-order valence-electron chi connectivity index (χ1n) is 5.96. The van der Waals surface area contributed by atoms with Crippen molar-refractivity contribution in [2.24, 2.45) is 17.8 Å². The molecular weight excluding hydrogens is 405 g/mol. The van der Waals surface area contributed by atoms with Crippen LogP contribution in [-0.4, -0.2) is 22.8 Å². The van der Waals surface area contributed by atoms with Crippen LogP contribution in [0.2, 0.25) is 5.02 Å². The van der Waals surface area contributed by atoms with Crippen LogP contribution < -0.4 is 15.8 Å². The molecule has 0 radical (unpaired) electrons. The first-order valence-corrected chi connectivity index (χ1v) is 6.34. The van der Waals surface area contributed by atoms with Crippen LogP contribution in [-0.2, 0) is 13.6 Å². The van der Waals surface area contributed by atoms with E-state index in [1.165, 1.54) is 0 Å². The minimum atomic E-state index is 0. The van der Waals surface area contributed by atoms with Crippen molar-refractivity contribution < 1.29 is 4.74 Å². The predicted molar refractivity (Wildman–Crippen MR) is 95.6 cm³/mol. The molecule has 1 heterocycles. The van der Waals surface area contributed by atoms with E-state index in [1.807, 2.05) is 19.3 Å². The van der Waals surface area contributed by atoms with E-state index in [4.69, 9.17) is 22.1 Å². The smallest absolute Gasteiger partial charge is 0.193 e. The lowest BCUT2D eigenvalue weighted by Gasteiger charge is -2.08. The SMILES string of the molecule is COc1ccc(NC(N)=NCc2cnn(C)c2)cc1Cl.I. The summed E-state index contributed by atoms with van der Waals surface area (Å²) in [7, 11) is 3.42. The molecule has 1 aromatic carbocycles. The van der Waals surface area contributed by atoms with Crippen molar-refractivity contribution in [2.45, 2.75) is 6.54 Å². The molecule has 21 heavy (non-hydrogen) atoms. The number of hydrogen-bond donors (Lipinski definition) is 2. The summed E-state index contributed by atoms with van der Waals surface area (Å²) in [6.07, 6.45) is 3.64. The molecule has 114 valence electrons. The molecule has 3 N–H and O–H groups in total. The number of aromatic nitrogens is 2. The molecule has 0 amide bonds. The van der Waals surface area contributed by atoms with Gasteiger partial charge in [0.2, 0.25) is 0 Å². The monoisotopic (exact) mass is 421 g/mol. The highest BCUT2D eigenvalue weighted by atomic mass is 127. The number of hydrogen-bond acceptors (Lipinski definition) is 3. The minimum absolute atomic E-state index is 0. The lowest BCUT2D eigenvalue weighted by atomic mass is 10.3. The molecule has 0 aliphatic rings. The van der Waals surface area contributed by atoms with E-state index in [-0.39, 0.29) is 24.0 Å². The molecule has 0 saturated carbocycles. The van der Waals surface area contributed by atoms with Crippen LogP contribution >= 0.6 is 35.6 Å². The van der Waals surface area contributed by atoms with Crippen molar-refractivity contribution in [3.05, 3.63) is 41.2 Å². The fourth-order valence-electron chi connectivity index (χ4n) is 1.66. The van der Waals surface area contributed by atoms with Gasteiger partial charge in [0.1, 0.15) is 5.75 Å². The highest BCUT2D eigenvalue weighted by molar-refractivity contribution is 14.0. The number of methoxy groups -OCH3 is 1. The van der Waals surface area contributed by atoms with Crippen LogP contribution in [0.25, 0.3) is 0 Å². The van der Waals surface area contributed by atoms with Crippen LogP contribution in [0.4, 0.5) is 5.69 Å². The van der Waals surface area contributed by atoms with Gasteiger partial charge < -0.3 is 15.8 Å². The Morgan fingerprint density at radius 1 is 1.52 bits per heavy atom. The maximum Gasteiger partial charge on any atom is 0.193 e. The molecule has 1 aromatic heterocycles. The van der Waals surface area contributed by atoms with Gasteiger partial charge in [-0.05, 0) is 18.2 Å². The molecule has 0 aliphatic carbocycles. The molecule has 0 bridgehead atoms. The summed E-state index contributed by atoms with van der Waals surface area (Å²) >= 11 is 6.03. The van der Waals surface area contributed by atoms with Crippen molar-refractivity contribution in [2.75, 3.05) is 12.4 Å². The molecule has 0 fully saturated rings. The highest BCUT2D eigenvalue weighted by Gasteiger charge is 2.02. The molecule has 2 aromatic rings. The van der Waals surface area contributed by atoms with Gasteiger partial charge in [-0.25, -0.2) is 4.99 Å². The second-order valence-corrected chi connectivity index (χ2v) is 4.61. The third-order valence-corrected chi connectivity index (χ3v) is 2.91. The Labute approximate surface area is 145 Å². The van der Waals surface area contributed by atoms with Gasteiger partial charge in [0.15, 0.2) is 5.96 Å². The average Bonchev–Trinajstić information content (AvgIpc) is 2.82. The molecule has 6 nitrogen and oxygen atoms in total. The van der Waals surface area contributed by atoms with Gasteiger partial charge in [-0.3, -0.25) is 4.68 Å². The molecule has 0 spiro atoms. The zero-order chi connectivity index (χ0) is 14.5. The Hall–Kier alpha value is -1.48. The Kier molecular flexibility index (Phi) is 6.76. The minimum Gasteiger partial charge on any atom is -0.495 e. The van der Waals surface area contributed by atoms with Crippen LogP contribution in [0.5, 0.6) is 5.75 Å². The second-order valence-electron chi connectivity index (χ2n) is 4.20. The molecule has 0 atom stereocenters. The molecule has 0 saturated heterocycles. The quantitative estimate of drug-likeness (QED) is 0.452. The third-order valence-electron chi connectivity index (χ3n) is 2.61. The van der Waals surface area contributed by atoms with Crippen molar-refractivity contribution in [1.29, 1.82) is 0 Å². The number of nitrogens with zero attached hydrogens (tertiary/aromatic N) is 3. The van der Waals surface area contributed by atoms with Gasteiger partial charge in [0, 0.05) is 24.5 Å². The number of ether oxygens (including phenoxy) is 1. The highest BCUT2D eigenvalue weighted by Crippen LogP contribution is 2.26. The second kappa shape index (κ2) is 8.08. The maximum absolute atomic E-state index is 6.03. The van der Waals surface area contributed by atoms with Crippen molar-refractivity contribution in [3.8, 4) is 5.75 Å². The number of anilines is 1. The average molecular weight is 422 g/mol. The number of nitrogens with two attached hydrogens (primary N) is 1. The van der Waals surface area contributed by atoms with Crippen LogP contribution in [0.15, 0.2) is 35.6 Å². The normalized spacial score (nSPS) is 10.9. The molecule has 2 rings (SSSR count). The standard InChI is InChI=1S/C13H16ClN5O.HI/c1-19-8-9(7-17-19)6-16-13(15)18-10-3-4-12(20-2)11(14)5-10;/h3-5,7-8H,6H2,1-2H3,(H3,15,16,18);1H. The topological polar surface area (TPSA) is 77.5 Å². The lowest BCUT2D eigenvalue weighted by Crippen LogP contribution is -2.22. The number of aliphatic imine (C=N–C) groups is 1. The maximum atomic E-state index is 6.03. The van der Waals surface area contributed by atoms with E-state index in [0.29, 0.717) is 23.3 Å². The predicted octanol–water partition coefficient (Wildman–Crippen LogP) is 2.63. The van der Waals surface area contributed by atoms with Crippen molar-refractivity contribution >= 4 is 47.2 Å². The first kappa shape index (κ1) is 17.6. The van der Waals surface area contributed by atoms with E-state index >= 15 is 0 Å². The van der Waals surface area contributed by atoms with Gasteiger partial charge in [-0.15, -0.1) is 24.0 Å². The zero-order valence-corrected chi connectivity index (χ0v) is 14.8. The summed E-state index contributed by atoms with van der Waals surface area (Å²) in [6, 6.07) is 5.31. The fraction of sp³-hybridized carbons (Fsp3) is 0.231. The zero-order valence-electron chi connectivity index (χ0n) is 11.7. The van der Waals surface area contributed by atoms with Crippen molar-refractivity contribution in [3.63, 3.8) is 0 Å². The molecule has 0 unspecified atom stereocenters. The van der Waals surface area contributed by atoms with Gasteiger partial charge in [0.25, 0.3) is 0 Å². The number of aryl methyl sites for hydroxylation is 1. The molecular formula is C13H17ClIN5O. The number of guanidine groups is 1. The van der Waals surface area contributed by atoms with Gasteiger partial charge in [-0.1, -0.05) is 11.6 Å². The fourth-order valence-corrected chi connectivity index (χ4v) is 1.92. The van der Waals surface area contributed by atoms with E-state index in [9.17, 15) is 0 Å². The number of nitrogens with one attached hydrogen (secondary N) is 1. The summed E-state index contributed by atoms with van der Waals surface area (Å²) in [5.74, 6) is 0.929. The number of rotatable bonds is 4. The molecule has 8 heteroatoms. The molecule has 0 aliphatic heterocycles. The Morgan fingerprint density at radius 3 is 2.86 bits per heavy atom. The van der Waals surface area contributed by atoms with Gasteiger partial charge in [0.05, 0.1) is 24.9 Å². The van der Waals surface area contributed by atoms with E-state index in [1.54, 1.807) is 30.1 Å². The van der Waals surface area contributed by atoms with E-state index in [2.05, 4.69) is 15.4 Å². The summed E-state index contributed by atoms with van der Waals surface area (Å²) in [4.78, 5) is 4.23. The summed E-state index contributed by atoms with van der Waals surface area (Å²) in [6.45, 7) is 0.469. The largest absolute Gasteiger partial charge is 0.495 e. The van der Waals surface area contributed by atoms with E-state index in [0.717, 1.165) is 11.3 Å². The first-order chi connectivity index (χ1) is 9.58. The van der Waals surface area contributed by atoms with Gasteiger partial charge in [-0.2, -0.15) is 5.10 Å².